The molecular formula is C43H36Cl2N6O8. The Balaban J connectivity index is 0.792. The maximum Gasteiger partial charge on any atom is 0.340 e. The predicted molar refractivity (Wildman–Crippen MR) is 216 cm³/mol. The average molecular weight is 836 g/mol. The van der Waals surface area contributed by atoms with Crippen LogP contribution in [0.2, 0.25) is 10.3 Å². The molecule has 1 fully saturated rings. The molecule has 0 radical (unpaired) electrons. The normalized spacial score (nSPS) is 24.6. The number of hydrogen-bond acceptors (Lipinski definition) is 14. The molecule has 0 saturated carbocycles. The second kappa shape index (κ2) is 13.1. The third kappa shape index (κ3) is 5.32. The minimum absolute atomic E-state index is 0.0283. The number of phenolic OH excluding ortho intramolecular Hbond substituents is 2. The van der Waals surface area contributed by atoms with Gasteiger partial charge in [0.25, 0.3) is 0 Å². The van der Waals surface area contributed by atoms with Gasteiger partial charge in [-0.25, -0.2) is 4.79 Å². The zero-order valence-corrected chi connectivity index (χ0v) is 32.9. The van der Waals surface area contributed by atoms with Crippen molar-refractivity contribution in [3.63, 3.8) is 0 Å². The van der Waals surface area contributed by atoms with Crippen LogP contribution in [-0.4, -0.2) is 86.1 Å². The number of likely N-dealkylation sites (N-methyl/N-ethyl adjacent to an activating group) is 1. The summed E-state index contributed by atoms with van der Waals surface area (Å²) < 4.78 is 25.1. The van der Waals surface area contributed by atoms with Crippen LogP contribution < -0.4 is 24.8 Å². The fourth-order valence-corrected chi connectivity index (χ4v) is 10.7. The predicted octanol–water partition coefficient (Wildman–Crippen LogP) is 6.59. The van der Waals surface area contributed by atoms with E-state index in [4.69, 9.17) is 42.1 Å². The van der Waals surface area contributed by atoms with Gasteiger partial charge in [0.2, 0.25) is 17.2 Å². The number of aromatic hydroxyl groups is 2. The Hall–Kier alpha value is -5.80. The van der Waals surface area contributed by atoms with Crippen molar-refractivity contribution in [2.45, 2.75) is 48.5 Å². The van der Waals surface area contributed by atoms with E-state index in [9.17, 15) is 20.1 Å². The van der Waals surface area contributed by atoms with Crippen LogP contribution in [0.5, 0.6) is 34.5 Å². The van der Waals surface area contributed by atoms with Crippen LogP contribution in [0.1, 0.15) is 51.0 Å². The molecular weight excluding hydrogens is 799 g/mol. The Morgan fingerprint density at radius 3 is 2.47 bits per heavy atom. The molecule has 6 aliphatic rings. The number of hydrogen-bond donors (Lipinski definition) is 5. The van der Waals surface area contributed by atoms with Crippen LogP contribution in [-0.2, 0) is 22.2 Å². The Morgan fingerprint density at radius 2 is 1.69 bits per heavy atom. The zero-order chi connectivity index (χ0) is 40.4. The molecule has 16 heteroatoms. The van der Waals surface area contributed by atoms with Crippen molar-refractivity contribution in [3.8, 4) is 34.5 Å². The Labute approximate surface area is 347 Å². The number of fused-ring (bicyclic) bond motifs is 6. The summed E-state index contributed by atoms with van der Waals surface area (Å²) in [5.41, 5.74) is 2.85. The largest absolute Gasteiger partial charge is 0.508 e. The van der Waals surface area contributed by atoms with E-state index in [0.717, 1.165) is 30.5 Å². The maximum atomic E-state index is 13.6. The van der Waals surface area contributed by atoms with Gasteiger partial charge in [0.15, 0.2) is 17.1 Å². The number of piperidine rings is 1. The van der Waals surface area contributed by atoms with Crippen molar-refractivity contribution < 1.29 is 39.1 Å². The van der Waals surface area contributed by atoms with Crippen LogP contribution in [0.3, 0.4) is 0 Å². The lowest BCUT2D eigenvalue weighted by atomic mass is 9.53. The van der Waals surface area contributed by atoms with E-state index in [1.807, 2.05) is 12.1 Å². The highest BCUT2D eigenvalue weighted by molar-refractivity contribution is 6.31. The van der Waals surface area contributed by atoms with Crippen LogP contribution in [0.25, 0.3) is 0 Å². The van der Waals surface area contributed by atoms with Gasteiger partial charge in [-0.2, -0.15) is 15.0 Å². The first kappa shape index (κ1) is 36.3. The number of carbonyl (C=O) groups is 1. The fraction of sp³-hybridized carbons (Fsp3) is 0.302. The fourth-order valence-electron chi connectivity index (χ4n) is 10.2. The first-order chi connectivity index (χ1) is 28.5. The third-order valence-corrected chi connectivity index (χ3v) is 13.2. The molecule has 5 heterocycles. The quantitative estimate of drug-likeness (QED) is 0.0642. The summed E-state index contributed by atoms with van der Waals surface area (Å²) >= 11 is 13.3. The summed E-state index contributed by atoms with van der Waals surface area (Å²) in [6, 6.07) is 16.5. The van der Waals surface area contributed by atoms with Crippen molar-refractivity contribution in [1.29, 1.82) is 0 Å². The van der Waals surface area contributed by atoms with E-state index in [1.165, 1.54) is 24.3 Å². The van der Waals surface area contributed by atoms with E-state index in [0.29, 0.717) is 64.0 Å². The number of ether oxygens (including phenoxy) is 4. The minimum Gasteiger partial charge on any atom is -0.508 e. The number of nitrogens with zero attached hydrogens (tertiary/aromatic N) is 4. The molecule has 5 N–H and O–H groups in total. The number of aliphatic hydroxyl groups excluding tert-OH is 1. The molecule has 300 valence electrons. The number of carbonyl (C=O) groups excluding carboxylic acids is 1. The number of rotatable bonds is 8. The first-order valence-electron chi connectivity index (χ1n) is 19.4. The molecule has 11 rings (SSSR count). The van der Waals surface area contributed by atoms with Crippen LogP contribution in [0.15, 0.2) is 72.8 Å². The first-order valence-corrected chi connectivity index (χ1v) is 20.2. The number of phenols is 2. The molecule has 0 amide bonds. The number of anilines is 3. The highest BCUT2D eigenvalue weighted by atomic mass is 35.5. The van der Waals surface area contributed by atoms with Crippen molar-refractivity contribution in [1.82, 2.24) is 19.9 Å². The van der Waals surface area contributed by atoms with Crippen LogP contribution >= 0.6 is 23.2 Å². The standard InChI is InChI=1S/C43H36Cl2N6O8/c1-51-13-11-42-26-9-10-31(54)37(42)58-36-34(19-29(44)24(35(36)42)18-30(26)51)56-14-2-12-46-40-48-39(45)49-41(50-40)47-20-3-6-25-23(15-20)38(55)59-43(25)27-7-4-21(52)16-32(27)57-33-17-22(53)5-8-28(33)43/h3-10,15-17,19,26,30-31,37,52-54H,2,11-14,18H2,1H3,(H2,46,47,48,49,50)/t26-,30+,31-,37-,42-/m0/s1. The SMILES string of the molecule is CN1CC[C@]23c4c5c(Cl)cc(OCCCNc6nc(Cl)nc(Nc7ccc8c(c7)C(=O)OC87c8ccc(O)cc8Oc8cc(O)ccc87)n6)c4O[C@H]2[C@@H](O)C=C[C@H]3[C@H]1C5. The number of halogens is 2. The van der Waals surface area contributed by atoms with Gasteiger partial charge in [0.05, 0.1) is 12.2 Å². The topological polar surface area (TPSA) is 181 Å². The van der Waals surface area contributed by atoms with Crippen molar-refractivity contribution in [2.75, 3.05) is 37.4 Å². The molecule has 4 aromatic carbocycles. The monoisotopic (exact) mass is 834 g/mol. The third-order valence-electron chi connectivity index (χ3n) is 12.7. The Kier molecular flexibility index (Phi) is 8.06. The zero-order valence-electron chi connectivity index (χ0n) is 31.4. The number of benzene rings is 4. The van der Waals surface area contributed by atoms with Gasteiger partial charge in [-0.3, -0.25) is 0 Å². The highest BCUT2D eigenvalue weighted by Crippen LogP contribution is 2.64. The molecule has 2 spiro atoms. The summed E-state index contributed by atoms with van der Waals surface area (Å²) in [5.74, 6) is 1.81. The molecule has 2 aliphatic carbocycles. The van der Waals surface area contributed by atoms with E-state index in [2.05, 4.69) is 43.6 Å². The Morgan fingerprint density at radius 1 is 0.949 bits per heavy atom. The van der Waals surface area contributed by atoms with Gasteiger partial charge in [-0.15, -0.1) is 0 Å². The second-order valence-electron chi connectivity index (χ2n) is 15.8. The number of aromatic nitrogens is 3. The van der Waals surface area contributed by atoms with Crippen molar-refractivity contribution in [3.05, 3.63) is 117 Å². The minimum atomic E-state index is -1.39. The van der Waals surface area contributed by atoms with Gasteiger partial charge in [0, 0.05) is 75.1 Å². The number of esters is 1. The molecule has 2 bridgehead atoms. The number of aliphatic hydroxyl groups is 1. The highest BCUT2D eigenvalue weighted by Gasteiger charge is 2.64. The second-order valence-corrected chi connectivity index (χ2v) is 16.6. The molecule has 1 saturated heterocycles. The lowest BCUT2D eigenvalue weighted by Crippen LogP contribution is -2.64. The number of likely N-dealkylation sites (tertiary alicyclic amines) is 1. The number of nitrogens with one attached hydrogen (secondary N) is 2. The van der Waals surface area contributed by atoms with Crippen LogP contribution in [0, 0.1) is 5.92 Å². The molecule has 5 atom stereocenters. The Bertz CT molecular complexity index is 2610. The summed E-state index contributed by atoms with van der Waals surface area (Å²) in [5, 5.41) is 38.5. The van der Waals surface area contributed by atoms with Gasteiger partial charge in [-0.05, 0) is 86.4 Å². The molecule has 0 unspecified atom stereocenters. The van der Waals surface area contributed by atoms with Crippen molar-refractivity contribution >= 4 is 46.8 Å². The smallest absolute Gasteiger partial charge is 0.340 e. The van der Waals surface area contributed by atoms with Gasteiger partial charge < -0.3 is 49.8 Å². The van der Waals surface area contributed by atoms with Gasteiger partial charge in [0.1, 0.15) is 35.2 Å². The summed E-state index contributed by atoms with van der Waals surface area (Å²) in [7, 11) is 2.16. The molecule has 4 aliphatic heterocycles. The van der Waals surface area contributed by atoms with E-state index < -0.39 is 23.8 Å². The lowest BCUT2D eigenvalue weighted by Gasteiger charge is -2.56. The lowest BCUT2D eigenvalue weighted by molar-refractivity contribution is -0.0453. The summed E-state index contributed by atoms with van der Waals surface area (Å²) in [6.45, 7) is 1.69. The molecule has 14 nitrogen and oxygen atoms in total. The molecule has 5 aromatic rings. The van der Waals surface area contributed by atoms with E-state index >= 15 is 0 Å². The van der Waals surface area contributed by atoms with E-state index in [1.54, 1.807) is 30.3 Å². The van der Waals surface area contributed by atoms with Crippen molar-refractivity contribution in [2.24, 2.45) is 5.92 Å². The summed E-state index contributed by atoms with van der Waals surface area (Å²) in [6.07, 6.45) is 5.20. The average Bonchev–Trinajstić information content (AvgIpc) is 3.70. The van der Waals surface area contributed by atoms with Gasteiger partial charge in [-0.1, -0.05) is 29.8 Å². The molecule has 59 heavy (non-hydrogen) atoms. The summed E-state index contributed by atoms with van der Waals surface area (Å²) in [4.78, 5) is 29.0. The van der Waals surface area contributed by atoms with Gasteiger partial charge >= 0.3 is 5.97 Å². The van der Waals surface area contributed by atoms with Crippen LogP contribution in [0.4, 0.5) is 17.6 Å². The molecule has 1 aromatic heterocycles. The maximum absolute atomic E-state index is 13.6. The van der Waals surface area contributed by atoms with E-state index in [-0.39, 0.29) is 57.6 Å².